The van der Waals surface area contributed by atoms with Crippen LogP contribution in [0.15, 0.2) is 33.8 Å². The van der Waals surface area contributed by atoms with Crippen LogP contribution in [0.3, 0.4) is 0 Å². The van der Waals surface area contributed by atoms with E-state index >= 15 is 0 Å². The lowest BCUT2D eigenvalue weighted by Gasteiger charge is -2.06. The van der Waals surface area contributed by atoms with Gasteiger partial charge >= 0.3 is 0 Å². The highest BCUT2D eigenvalue weighted by atomic mass is 79.9. The molecule has 1 aliphatic carbocycles. The Kier molecular flexibility index (Phi) is 2.51. The summed E-state index contributed by atoms with van der Waals surface area (Å²) >= 11 is 3.37. The Balaban J connectivity index is 2.22. The fourth-order valence-corrected chi connectivity index (χ4v) is 3.69. The van der Waals surface area contributed by atoms with Gasteiger partial charge in [-0.2, -0.15) is 15.6 Å². The van der Waals surface area contributed by atoms with Crippen LogP contribution in [0, 0.1) is 33.5 Å². The van der Waals surface area contributed by atoms with Crippen molar-refractivity contribution >= 4 is 27.5 Å². The Bertz CT molecular complexity index is 728. The number of carbonyl (C=O) groups excluding carboxylic acids is 1. The molecule has 2 atom stereocenters. The smallest absolute Gasteiger partial charge is 0.255 e. The van der Waals surface area contributed by atoms with Gasteiger partial charge in [-0.1, -0.05) is 28.1 Å². The summed E-state index contributed by atoms with van der Waals surface area (Å²) in [6.45, 7) is 1.68. The highest BCUT2D eigenvalue weighted by molar-refractivity contribution is 9.10. The molecule has 1 aromatic carbocycles. The van der Waals surface area contributed by atoms with Crippen molar-refractivity contribution in [3.05, 3.63) is 34.3 Å². The molecule has 5 nitrogen and oxygen atoms in total. The molecule has 1 heterocycles. The summed E-state index contributed by atoms with van der Waals surface area (Å²) < 4.78 is 0.842. The summed E-state index contributed by atoms with van der Waals surface area (Å²) in [7, 11) is 0. The minimum atomic E-state index is -1.39. The molecule has 0 radical (unpaired) electrons. The van der Waals surface area contributed by atoms with Crippen molar-refractivity contribution in [2.24, 2.45) is 15.9 Å². The predicted octanol–water partition coefficient (Wildman–Crippen LogP) is 2.07. The summed E-state index contributed by atoms with van der Waals surface area (Å²) in [5, 5.41) is 22.9. The lowest BCUT2D eigenvalue weighted by Crippen LogP contribution is -2.29. The predicted molar refractivity (Wildman–Crippen MR) is 74.2 cm³/mol. The molecule has 2 aliphatic rings. The molecule has 98 valence electrons. The standard InChI is InChI=1S/C14H9BrN4O/c1-8-14(12(20)19-18-8)11(13(14,6-16)7-17)9-3-2-4-10(15)5-9/h2-5,11H,1H3,(H,19,20). The Morgan fingerprint density at radius 2 is 2.10 bits per heavy atom. The number of hydrogen-bond donors (Lipinski definition) is 1. The zero-order chi connectivity index (χ0) is 14.5. The first-order valence-corrected chi connectivity index (χ1v) is 6.77. The van der Waals surface area contributed by atoms with Gasteiger partial charge in [0.2, 0.25) is 0 Å². The SMILES string of the molecule is CC1=NNC(=O)C12C(c1cccc(Br)c1)C2(C#N)C#N. The molecule has 1 fully saturated rings. The zero-order valence-electron chi connectivity index (χ0n) is 10.5. The van der Waals surface area contributed by atoms with Gasteiger partial charge in [-0.3, -0.25) is 4.79 Å². The van der Waals surface area contributed by atoms with E-state index in [0.717, 1.165) is 10.0 Å². The third-order valence-corrected chi connectivity index (χ3v) is 4.69. The number of nitrogens with zero attached hydrogens (tertiary/aromatic N) is 3. The van der Waals surface area contributed by atoms with Crippen molar-refractivity contribution < 1.29 is 4.79 Å². The van der Waals surface area contributed by atoms with E-state index in [4.69, 9.17) is 0 Å². The van der Waals surface area contributed by atoms with Crippen LogP contribution in [0.1, 0.15) is 18.4 Å². The first-order chi connectivity index (χ1) is 9.54. The second-order valence-corrected chi connectivity index (χ2v) is 5.88. The van der Waals surface area contributed by atoms with E-state index in [2.05, 4.69) is 26.5 Å². The average molecular weight is 329 g/mol. The molecule has 1 N–H and O–H groups in total. The van der Waals surface area contributed by atoms with Crippen molar-refractivity contribution in [1.82, 2.24) is 5.43 Å². The van der Waals surface area contributed by atoms with Crippen LogP contribution in [0.4, 0.5) is 0 Å². The molecule has 1 spiro atoms. The van der Waals surface area contributed by atoms with E-state index in [0.29, 0.717) is 5.71 Å². The van der Waals surface area contributed by atoms with Crippen LogP contribution >= 0.6 is 15.9 Å². The number of hydrogen-bond acceptors (Lipinski definition) is 4. The van der Waals surface area contributed by atoms with Gasteiger partial charge in [0.1, 0.15) is 5.41 Å². The quantitative estimate of drug-likeness (QED) is 0.855. The molecular formula is C14H9BrN4O. The topological polar surface area (TPSA) is 89.0 Å². The first-order valence-electron chi connectivity index (χ1n) is 5.97. The Labute approximate surface area is 124 Å². The van der Waals surface area contributed by atoms with Gasteiger partial charge in [-0.15, -0.1) is 0 Å². The molecule has 1 amide bonds. The molecule has 1 saturated carbocycles. The minimum absolute atomic E-state index is 0.372. The summed E-state index contributed by atoms with van der Waals surface area (Å²) in [6, 6.07) is 11.4. The molecule has 1 aliphatic heterocycles. The fraction of sp³-hybridized carbons (Fsp3) is 0.286. The second-order valence-electron chi connectivity index (χ2n) is 4.97. The Morgan fingerprint density at radius 1 is 1.40 bits per heavy atom. The first kappa shape index (κ1) is 12.8. The third-order valence-electron chi connectivity index (χ3n) is 4.19. The zero-order valence-corrected chi connectivity index (χ0v) is 12.1. The fourth-order valence-electron chi connectivity index (χ4n) is 3.27. The van der Waals surface area contributed by atoms with Gasteiger partial charge in [0.15, 0.2) is 5.41 Å². The summed E-state index contributed by atoms with van der Waals surface area (Å²) in [4.78, 5) is 12.2. The van der Waals surface area contributed by atoms with Crippen molar-refractivity contribution in [3.8, 4) is 12.1 Å². The van der Waals surface area contributed by atoms with Crippen molar-refractivity contribution in [3.63, 3.8) is 0 Å². The van der Waals surface area contributed by atoms with E-state index in [1.165, 1.54) is 0 Å². The number of halogens is 1. The van der Waals surface area contributed by atoms with E-state index in [-0.39, 0.29) is 5.91 Å². The molecule has 20 heavy (non-hydrogen) atoms. The van der Waals surface area contributed by atoms with Gasteiger partial charge in [0.05, 0.1) is 17.9 Å². The second kappa shape index (κ2) is 3.91. The van der Waals surface area contributed by atoms with E-state index in [1.54, 1.807) is 6.92 Å². The van der Waals surface area contributed by atoms with Gasteiger partial charge in [-0.05, 0) is 24.6 Å². The monoisotopic (exact) mass is 328 g/mol. The van der Waals surface area contributed by atoms with Crippen LogP contribution in [0.2, 0.25) is 0 Å². The average Bonchev–Trinajstić information content (AvgIpc) is 2.98. The van der Waals surface area contributed by atoms with Crippen LogP contribution < -0.4 is 5.43 Å². The van der Waals surface area contributed by atoms with Crippen LogP contribution in [-0.2, 0) is 4.79 Å². The number of rotatable bonds is 1. The van der Waals surface area contributed by atoms with Gasteiger partial charge < -0.3 is 0 Å². The lowest BCUT2D eigenvalue weighted by atomic mass is 9.90. The number of nitriles is 2. The number of nitrogens with one attached hydrogen (secondary N) is 1. The van der Waals surface area contributed by atoms with E-state index in [1.807, 2.05) is 36.4 Å². The summed E-state index contributed by atoms with van der Waals surface area (Å²) in [5.41, 5.74) is 1.13. The lowest BCUT2D eigenvalue weighted by molar-refractivity contribution is -0.123. The molecular weight excluding hydrogens is 320 g/mol. The third kappa shape index (κ3) is 1.20. The molecule has 3 rings (SSSR count). The molecule has 2 unspecified atom stereocenters. The van der Waals surface area contributed by atoms with Crippen molar-refractivity contribution in [2.75, 3.05) is 0 Å². The largest absolute Gasteiger partial charge is 0.272 e. The molecule has 0 saturated heterocycles. The Morgan fingerprint density at radius 3 is 2.60 bits per heavy atom. The van der Waals surface area contributed by atoms with Gasteiger partial charge in [0.25, 0.3) is 5.91 Å². The molecule has 0 aromatic heterocycles. The summed E-state index contributed by atoms with van der Waals surface area (Å²) in [5.74, 6) is -0.864. The van der Waals surface area contributed by atoms with Crippen molar-refractivity contribution in [1.29, 1.82) is 10.5 Å². The molecule has 6 heteroatoms. The molecule has 1 aromatic rings. The maximum Gasteiger partial charge on any atom is 0.255 e. The highest BCUT2D eigenvalue weighted by Gasteiger charge is 2.86. The van der Waals surface area contributed by atoms with E-state index < -0.39 is 16.7 Å². The van der Waals surface area contributed by atoms with Gasteiger partial charge in [-0.25, -0.2) is 5.43 Å². The highest BCUT2D eigenvalue weighted by Crippen LogP contribution is 2.75. The van der Waals surface area contributed by atoms with Crippen LogP contribution in [0.25, 0.3) is 0 Å². The van der Waals surface area contributed by atoms with Crippen LogP contribution in [-0.4, -0.2) is 11.6 Å². The maximum atomic E-state index is 12.2. The summed E-state index contributed by atoms with van der Waals surface area (Å²) in [6.07, 6.45) is 0. The number of hydrazone groups is 1. The number of amides is 1. The normalized spacial score (nSPS) is 29.3. The maximum absolute atomic E-state index is 12.2. The Hall–Kier alpha value is -2.18. The van der Waals surface area contributed by atoms with Gasteiger partial charge in [0, 0.05) is 10.4 Å². The number of benzene rings is 1. The van der Waals surface area contributed by atoms with Crippen LogP contribution in [0.5, 0.6) is 0 Å². The van der Waals surface area contributed by atoms with Crippen molar-refractivity contribution in [2.45, 2.75) is 12.8 Å². The molecule has 0 bridgehead atoms. The van der Waals surface area contributed by atoms with E-state index in [9.17, 15) is 15.3 Å². The minimum Gasteiger partial charge on any atom is -0.272 e. The number of carbonyl (C=O) groups is 1.